The molecular weight excluding hydrogens is 376 g/mol. The summed E-state index contributed by atoms with van der Waals surface area (Å²) in [5.41, 5.74) is 1.56. The molecule has 28 heavy (non-hydrogen) atoms. The van der Waals surface area contributed by atoms with E-state index in [2.05, 4.69) is 5.32 Å². The Bertz CT molecular complexity index is 840. The molecule has 2 aromatic rings. The van der Waals surface area contributed by atoms with Crippen LogP contribution in [-0.4, -0.2) is 50.1 Å². The second-order valence-corrected chi connectivity index (χ2v) is 7.31. The molecule has 0 saturated carbocycles. The number of carbonyl (C=O) groups is 2. The topological polar surface area (TPSA) is 67.9 Å². The fraction of sp³-hybridized carbons (Fsp3) is 0.333. The number of piperidine rings is 1. The quantitative estimate of drug-likeness (QED) is 0.756. The lowest BCUT2D eigenvalue weighted by Crippen LogP contribution is -2.46. The van der Waals surface area contributed by atoms with E-state index in [1.54, 1.807) is 26.4 Å². The number of thiophene rings is 1. The van der Waals surface area contributed by atoms with Gasteiger partial charge in [-0.3, -0.25) is 9.59 Å². The first-order valence-electron chi connectivity index (χ1n) is 9.13. The Hall–Kier alpha value is -2.80. The van der Waals surface area contributed by atoms with Crippen LogP contribution in [0.2, 0.25) is 0 Å². The van der Waals surface area contributed by atoms with Crippen molar-refractivity contribution in [1.29, 1.82) is 0 Å². The molecule has 2 amide bonds. The summed E-state index contributed by atoms with van der Waals surface area (Å²) in [7, 11) is 3.17. The van der Waals surface area contributed by atoms with Gasteiger partial charge < -0.3 is 19.7 Å². The van der Waals surface area contributed by atoms with Crippen molar-refractivity contribution in [1.82, 2.24) is 10.2 Å². The molecule has 0 atom stereocenters. The summed E-state index contributed by atoms with van der Waals surface area (Å²) < 4.78 is 10.5. The van der Waals surface area contributed by atoms with Gasteiger partial charge in [-0.1, -0.05) is 6.07 Å². The van der Waals surface area contributed by atoms with E-state index in [1.807, 2.05) is 39.9 Å². The molecule has 148 valence electrons. The second kappa shape index (κ2) is 9.41. The number of hydrogen-bond acceptors (Lipinski definition) is 5. The van der Waals surface area contributed by atoms with Crippen LogP contribution < -0.4 is 14.8 Å². The highest BCUT2D eigenvalue weighted by Gasteiger charge is 2.23. The highest BCUT2D eigenvalue weighted by atomic mass is 32.1. The lowest BCUT2D eigenvalue weighted by Gasteiger charge is -2.31. The van der Waals surface area contributed by atoms with Gasteiger partial charge in [0.1, 0.15) is 0 Å². The third kappa shape index (κ3) is 4.92. The smallest absolute Gasteiger partial charge is 0.252 e. The molecule has 0 unspecified atom stereocenters. The van der Waals surface area contributed by atoms with E-state index in [9.17, 15) is 9.59 Å². The third-order valence-corrected chi connectivity index (χ3v) is 5.43. The van der Waals surface area contributed by atoms with Crippen molar-refractivity contribution in [2.45, 2.75) is 18.9 Å². The van der Waals surface area contributed by atoms with E-state index >= 15 is 0 Å². The Balaban J connectivity index is 1.51. The summed E-state index contributed by atoms with van der Waals surface area (Å²) in [6, 6.07) is 7.43. The van der Waals surface area contributed by atoms with Crippen molar-refractivity contribution in [3.63, 3.8) is 0 Å². The molecule has 1 aliphatic rings. The van der Waals surface area contributed by atoms with E-state index in [0.717, 1.165) is 18.4 Å². The highest BCUT2D eigenvalue weighted by molar-refractivity contribution is 7.08. The van der Waals surface area contributed by atoms with E-state index < -0.39 is 0 Å². The van der Waals surface area contributed by atoms with Gasteiger partial charge in [0.25, 0.3) is 5.91 Å². The Morgan fingerprint density at radius 3 is 2.54 bits per heavy atom. The number of rotatable bonds is 6. The van der Waals surface area contributed by atoms with E-state index in [1.165, 1.54) is 11.3 Å². The monoisotopic (exact) mass is 400 g/mol. The lowest BCUT2D eigenvalue weighted by atomic mass is 10.0. The first-order valence-corrected chi connectivity index (χ1v) is 10.1. The minimum atomic E-state index is -0.0422. The van der Waals surface area contributed by atoms with Gasteiger partial charge in [-0.15, -0.1) is 0 Å². The van der Waals surface area contributed by atoms with E-state index in [4.69, 9.17) is 9.47 Å². The van der Waals surface area contributed by atoms with Gasteiger partial charge in [-0.2, -0.15) is 11.3 Å². The average molecular weight is 401 g/mol. The van der Waals surface area contributed by atoms with Gasteiger partial charge in [0.15, 0.2) is 11.5 Å². The Morgan fingerprint density at radius 2 is 1.89 bits per heavy atom. The number of benzene rings is 1. The summed E-state index contributed by atoms with van der Waals surface area (Å²) in [4.78, 5) is 26.4. The van der Waals surface area contributed by atoms with Crippen molar-refractivity contribution < 1.29 is 19.1 Å². The van der Waals surface area contributed by atoms with Gasteiger partial charge >= 0.3 is 0 Å². The normalized spacial score (nSPS) is 14.9. The summed E-state index contributed by atoms with van der Waals surface area (Å²) >= 11 is 1.51. The molecule has 1 aliphatic heterocycles. The first kappa shape index (κ1) is 19.9. The zero-order valence-electron chi connectivity index (χ0n) is 16.0. The fourth-order valence-corrected chi connectivity index (χ4v) is 3.77. The average Bonchev–Trinajstić information content (AvgIpc) is 3.27. The largest absolute Gasteiger partial charge is 0.493 e. The van der Waals surface area contributed by atoms with E-state index in [-0.39, 0.29) is 17.9 Å². The molecule has 1 saturated heterocycles. The molecule has 1 N–H and O–H groups in total. The molecule has 0 bridgehead atoms. The Kier molecular flexibility index (Phi) is 6.71. The van der Waals surface area contributed by atoms with E-state index in [0.29, 0.717) is 30.2 Å². The van der Waals surface area contributed by atoms with Gasteiger partial charge in [-0.25, -0.2) is 0 Å². The van der Waals surface area contributed by atoms with Crippen LogP contribution in [0.3, 0.4) is 0 Å². The molecule has 3 rings (SSSR count). The first-order chi connectivity index (χ1) is 13.6. The predicted octanol–water partition coefficient (Wildman–Crippen LogP) is 3.20. The number of nitrogens with zero attached hydrogens (tertiary/aromatic N) is 1. The number of amides is 2. The van der Waals surface area contributed by atoms with Crippen molar-refractivity contribution >= 4 is 29.2 Å². The summed E-state index contributed by atoms with van der Waals surface area (Å²) in [5, 5.41) is 6.78. The number of ether oxygens (including phenoxy) is 2. The van der Waals surface area contributed by atoms with Crippen molar-refractivity contribution in [3.8, 4) is 11.5 Å². The van der Waals surface area contributed by atoms with Gasteiger partial charge in [0, 0.05) is 36.2 Å². The van der Waals surface area contributed by atoms with Gasteiger partial charge in [0.05, 0.1) is 14.2 Å². The molecule has 1 aromatic carbocycles. The number of nitrogens with one attached hydrogen (secondary N) is 1. The summed E-state index contributed by atoms with van der Waals surface area (Å²) in [6.07, 6.45) is 4.86. The summed E-state index contributed by atoms with van der Waals surface area (Å²) in [6.45, 7) is 1.26. The number of hydrogen-bond donors (Lipinski definition) is 1. The number of methoxy groups -OCH3 is 2. The number of carbonyl (C=O) groups excluding carboxylic acids is 2. The Labute approximate surface area is 168 Å². The molecule has 1 aromatic heterocycles. The fourth-order valence-electron chi connectivity index (χ4n) is 3.14. The van der Waals surface area contributed by atoms with Crippen LogP contribution in [-0.2, 0) is 4.79 Å². The lowest BCUT2D eigenvalue weighted by molar-refractivity contribution is -0.126. The van der Waals surface area contributed by atoms with Crippen LogP contribution in [0.15, 0.2) is 41.1 Å². The summed E-state index contributed by atoms with van der Waals surface area (Å²) in [5.74, 6) is 1.20. The van der Waals surface area contributed by atoms with Crippen LogP contribution in [0.4, 0.5) is 0 Å². The molecule has 0 radical (unpaired) electrons. The van der Waals surface area contributed by atoms with Crippen LogP contribution in [0.25, 0.3) is 6.08 Å². The zero-order valence-corrected chi connectivity index (χ0v) is 16.8. The van der Waals surface area contributed by atoms with Gasteiger partial charge in [-0.05, 0) is 48.1 Å². The third-order valence-electron chi connectivity index (χ3n) is 4.75. The molecule has 0 spiro atoms. The molecule has 6 nitrogen and oxygen atoms in total. The van der Waals surface area contributed by atoms with Crippen molar-refractivity contribution in [3.05, 3.63) is 52.2 Å². The minimum Gasteiger partial charge on any atom is -0.493 e. The van der Waals surface area contributed by atoms with Crippen LogP contribution >= 0.6 is 11.3 Å². The van der Waals surface area contributed by atoms with Crippen molar-refractivity contribution in [2.24, 2.45) is 0 Å². The molecule has 2 heterocycles. The maximum Gasteiger partial charge on any atom is 0.252 e. The van der Waals surface area contributed by atoms with Crippen molar-refractivity contribution in [2.75, 3.05) is 27.3 Å². The van der Waals surface area contributed by atoms with Crippen LogP contribution in [0.1, 0.15) is 28.8 Å². The highest BCUT2D eigenvalue weighted by Crippen LogP contribution is 2.28. The zero-order chi connectivity index (χ0) is 19.9. The predicted molar refractivity (Wildman–Crippen MR) is 110 cm³/mol. The SMILES string of the molecule is COc1ccc(C=CC(=O)N2CCC(NC(=O)c3ccsc3)CC2)cc1OC. The maximum absolute atomic E-state index is 12.5. The number of likely N-dealkylation sites (tertiary alicyclic amines) is 1. The maximum atomic E-state index is 12.5. The minimum absolute atomic E-state index is 0.0302. The second-order valence-electron chi connectivity index (χ2n) is 6.53. The van der Waals surface area contributed by atoms with Crippen LogP contribution in [0.5, 0.6) is 11.5 Å². The molecule has 1 fully saturated rings. The standard InChI is InChI=1S/C21H24N2O4S/c1-26-18-5-3-15(13-19(18)27-2)4-6-20(24)23-10-7-17(8-11-23)22-21(25)16-9-12-28-14-16/h3-6,9,12-14,17H,7-8,10-11H2,1-2H3,(H,22,25). The molecular formula is C21H24N2O4S. The Morgan fingerprint density at radius 1 is 1.14 bits per heavy atom. The molecule has 7 heteroatoms. The van der Waals surface area contributed by atoms with Crippen LogP contribution in [0, 0.1) is 0 Å². The van der Waals surface area contributed by atoms with Gasteiger partial charge in [0.2, 0.25) is 5.91 Å². The molecule has 0 aliphatic carbocycles.